The van der Waals surface area contributed by atoms with Crippen LogP contribution in [0.15, 0.2) is 153 Å². The lowest BCUT2D eigenvalue weighted by atomic mass is 10.1. The van der Waals surface area contributed by atoms with Gasteiger partial charge in [0.15, 0.2) is 0 Å². The lowest BCUT2D eigenvalue weighted by Gasteiger charge is -2.05. The highest BCUT2D eigenvalue weighted by Gasteiger charge is 2.01. The lowest BCUT2D eigenvalue weighted by molar-refractivity contribution is 1.41. The van der Waals surface area contributed by atoms with Crippen LogP contribution in [0.1, 0.15) is 0 Å². The van der Waals surface area contributed by atoms with E-state index in [1.54, 1.807) is 11.8 Å². The molecule has 0 unspecified atom stereocenters. The topological polar surface area (TPSA) is 0 Å². The zero-order valence-corrected chi connectivity index (χ0v) is 18.2. The zero-order valence-electron chi connectivity index (χ0n) is 16.5. The maximum absolute atomic E-state index is 2.18. The van der Waals surface area contributed by atoms with Gasteiger partial charge in [-0.3, -0.25) is 0 Å². The third-order valence-electron chi connectivity index (χ3n) is 4.44. The van der Waals surface area contributed by atoms with Crippen LogP contribution in [0, 0.1) is 0 Å². The largest absolute Gasteiger partial charge is 0.0901 e. The molecule has 5 aromatic rings. The van der Waals surface area contributed by atoms with Crippen LogP contribution in [0.5, 0.6) is 0 Å². The SMILES string of the molecule is c1ccc(Sc2cccc3ccccc23)cc1.c1ccc(Sc2ccccc2)cc1. The summed E-state index contributed by atoms with van der Waals surface area (Å²) in [6.45, 7) is 0. The highest BCUT2D eigenvalue weighted by atomic mass is 32.2. The van der Waals surface area contributed by atoms with Crippen LogP contribution in [-0.2, 0) is 0 Å². The number of fused-ring (bicyclic) bond motifs is 1. The van der Waals surface area contributed by atoms with E-state index in [4.69, 9.17) is 0 Å². The molecule has 146 valence electrons. The fraction of sp³-hybridized carbons (Fsp3) is 0. The summed E-state index contributed by atoms with van der Waals surface area (Å²) in [5, 5.41) is 2.62. The van der Waals surface area contributed by atoms with Gasteiger partial charge in [-0.25, -0.2) is 0 Å². The summed E-state index contributed by atoms with van der Waals surface area (Å²) in [4.78, 5) is 5.17. The van der Waals surface area contributed by atoms with Crippen molar-refractivity contribution in [3.8, 4) is 0 Å². The summed E-state index contributed by atoms with van der Waals surface area (Å²) in [5.41, 5.74) is 0. The second-order valence-corrected chi connectivity index (χ2v) is 8.88. The first-order chi connectivity index (χ1) is 14.9. The molecule has 0 bridgehead atoms. The van der Waals surface area contributed by atoms with Gasteiger partial charge >= 0.3 is 0 Å². The molecule has 5 aromatic carbocycles. The zero-order chi connectivity index (χ0) is 20.4. The highest BCUT2D eigenvalue weighted by Crippen LogP contribution is 2.33. The van der Waals surface area contributed by atoms with Crippen molar-refractivity contribution in [1.82, 2.24) is 0 Å². The molecule has 0 radical (unpaired) electrons. The molecule has 2 heteroatoms. The minimum Gasteiger partial charge on any atom is -0.0901 e. The van der Waals surface area contributed by atoms with Gasteiger partial charge in [-0.15, -0.1) is 0 Å². The average Bonchev–Trinajstić information content (AvgIpc) is 2.82. The summed E-state index contributed by atoms with van der Waals surface area (Å²) in [7, 11) is 0. The number of benzene rings is 5. The van der Waals surface area contributed by atoms with Gasteiger partial charge in [0.1, 0.15) is 0 Å². The second-order valence-electron chi connectivity index (χ2n) is 6.62. The Balaban J connectivity index is 0.000000151. The molecule has 0 amide bonds. The maximum atomic E-state index is 2.18. The fourth-order valence-electron chi connectivity index (χ4n) is 3.01. The van der Waals surface area contributed by atoms with Crippen molar-refractivity contribution in [3.63, 3.8) is 0 Å². The molecule has 0 atom stereocenters. The predicted octanol–water partition coefficient (Wildman–Crippen LogP) is 8.83. The molecule has 0 saturated carbocycles. The molecule has 0 aliphatic rings. The van der Waals surface area contributed by atoms with Crippen LogP contribution in [0.3, 0.4) is 0 Å². The first kappa shape index (κ1) is 20.3. The van der Waals surface area contributed by atoms with Crippen molar-refractivity contribution in [3.05, 3.63) is 133 Å². The number of hydrogen-bond acceptors (Lipinski definition) is 2. The standard InChI is InChI=1S/C16H12S.C12H10S/c1-2-9-14(10-3-1)17-16-12-6-8-13-7-4-5-11-15(13)16;1-3-7-11(8-4-1)13-12-9-5-2-6-10-12/h1-12H;1-10H. The van der Waals surface area contributed by atoms with E-state index in [1.165, 1.54) is 30.4 Å². The van der Waals surface area contributed by atoms with Gasteiger partial charge < -0.3 is 0 Å². The Morgan fingerprint density at radius 3 is 1.33 bits per heavy atom. The molecule has 0 fully saturated rings. The van der Waals surface area contributed by atoms with Crippen molar-refractivity contribution in [1.29, 1.82) is 0 Å². The number of hydrogen-bond donors (Lipinski definition) is 0. The monoisotopic (exact) mass is 422 g/mol. The Bertz CT molecular complexity index is 1130. The first-order valence-corrected chi connectivity index (χ1v) is 11.5. The molecule has 0 aliphatic heterocycles. The summed E-state index contributed by atoms with van der Waals surface area (Å²) >= 11 is 3.60. The molecular formula is C28H22S2. The Hall–Kier alpha value is -2.94. The van der Waals surface area contributed by atoms with Crippen molar-refractivity contribution in [2.75, 3.05) is 0 Å². The van der Waals surface area contributed by atoms with Crippen LogP contribution in [0.4, 0.5) is 0 Å². The van der Waals surface area contributed by atoms with E-state index in [0.717, 1.165) is 0 Å². The molecular weight excluding hydrogens is 400 g/mol. The van der Waals surface area contributed by atoms with Crippen molar-refractivity contribution in [2.45, 2.75) is 19.6 Å². The normalized spacial score (nSPS) is 10.3. The van der Waals surface area contributed by atoms with E-state index >= 15 is 0 Å². The van der Waals surface area contributed by atoms with Gasteiger partial charge in [-0.1, -0.05) is 115 Å². The summed E-state index contributed by atoms with van der Waals surface area (Å²) in [6, 6.07) is 46.3. The van der Waals surface area contributed by atoms with Crippen LogP contribution in [-0.4, -0.2) is 0 Å². The third-order valence-corrected chi connectivity index (χ3v) is 6.54. The lowest BCUT2D eigenvalue weighted by Crippen LogP contribution is -1.77. The number of rotatable bonds is 4. The first-order valence-electron chi connectivity index (χ1n) is 9.87. The molecule has 0 saturated heterocycles. The average molecular weight is 423 g/mol. The van der Waals surface area contributed by atoms with E-state index in [0.29, 0.717) is 0 Å². The minimum absolute atomic E-state index is 1.28. The maximum Gasteiger partial charge on any atom is 0.0200 e. The van der Waals surface area contributed by atoms with Crippen molar-refractivity contribution >= 4 is 34.3 Å². The predicted molar refractivity (Wildman–Crippen MR) is 132 cm³/mol. The molecule has 30 heavy (non-hydrogen) atoms. The van der Waals surface area contributed by atoms with Crippen LogP contribution < -0.4 is 0 Å². The van der Waals surface area contributed by atoms with E-state index < -0.39 is 0 Å². The minimum atomic E-state index is 1.28. The highest BCUT2D eigenvalue weighted by molar-refractivity contribution is 7.99. The summed E-state index contributed by atoms with van der Waals surface area (Å²) in [6.07, 6.45) is 0. The Labute approximate surface area is 187 Å². The van der Waals surface area contributed by atoms with Gasteiger partial charge in [0, 0.05) is 19.6 Å². The summed E-state index contributed by atoms with van der Waals surface area (Å²) < 4.78 is 0. The van der Waals surface area contributed by atoms with Gasteiger partial charge in [0.2, 0.25) is 0 Å². The third kappa shape index (κ3) is 5.79. The van der Waals surface area contributed by atoms with Gasteiger partial charge in [0.05, 0.1) is 0 Å². The quantitative estimate of drug-likeness (QED) is 0.284. The van der Waals surface area contributed by atoms with Gasteiger partial charge in [0.25, 0.3) is 0 Å². The van der Waals surface area contributed by atoms with Crippen LogP contribution in [0.25, 0.3) is 10.8 Å². The van der Waals surface area contributed by atoms with E-state index in [-0.39, 0.29) is 0 Å². The molecule has 0 aromatic heterocycles. The molecule has 0 heterocycles. The van der Waals surface area contributed by atoms with Crippen molar-refractivity contribution < 1.29 is 0 Å². The van der Waals surface area contributed by atoms with Crippen LogP contribution in [0.2, 0.25) is 0 Å². The van der Waals surface area contributed by atoms with E-state index in [1.807, 2.05) is 30.0 Å². The Kier molecular flexibility index (Phi) is 7.27. The van der Waals surface area contributed by atoms with Gasteiger partial charge in [-0.2, -0.15) is 0 Å². The van der Waals surface area contributed by atoms with E-state index in [2.05, 4.69) is 115 Å². The van der Waals surface area contributed by atoms with Crippen LogP contribution >= 0.6 is 23.5 Å². The molecule has 0 spiro atoms. The molecule has 0 aliphatic carbocycles. The Morgan fingerprint density at radius 2 is 0.767 bits per heavy atom. The van der Waals surface area contributed by atoms with Gasteiger partial charge in [-0.05, 0) is 53.2 Å². The van der Waals surface area contributed by atoms with Crippen molar-refractivity contribution in [2.24, 2.45) is 0 Å². The summed E-state index contributed by atoms with van der Waals surface area (Å²) in [5.74, 6) is 0. The second kappa shape index (κ2) is 10.7. The molecule has 5 rings (SSSR count). The fourth-order valence-corrected chi connectivity index (χ4v) is 4.86. The molecule has 0 N–H and O–H groups in total. The van der Waals surface area contributed by atoms with E-state index in [9.17, 15) is 0 Å². The molecule has 0 nitrogen and oxygen atoms in total. The Morgan fingerprint density at radius 1 is 0.333 bits per heavy atom. The smallest absolute Gasteiger partial charge is 0.0200 e.